The van der Waals surface area contributed by atoms with Crippen molar-refractivity contribution in [1.82, 2.24) is 19.9 Å². The van der Waals surface area contributed by atoms with Gasteiger partial charge in [0, 0.05) is 56.1 Å². The fraction of sp³-hybridized carbons (Fsp3) is 0.400. The molecule has 1 amide bonds. The number of piperazine rings is 1. The first kappa shape index (κ1) is 22.0. The lowest BCUT2D eigenvalue weighted by Gasteiger charge is -2.36. The van der Waals surface area contributed by atoms with Gasteiger partial charge >= 0.3 is 0 Å². The highest BCUT2D eigenvalue weighted by molar-refractivity contribution is 5.94. The van der Waals surface area contributed by atoms with Gasteiger partial charge in [0.25, 0.3) is 5.91 Å². The molecular weight excluding hydrogens is 402 g/mol. The van der Waals surface area contributed by atoms with Crippen LogP contribution in [0.2, 0.25) is 0 Å². The molecule has 0 aliphatic carbocycles. The van der Waals surface area contributed by atoms with Crippen molar-refractivity contribution in [3.05, 3.63) is 66.1 Å². The van der Waals surface area contributed by atoms with Crippen LogP contribution in [0.25, 0.3) is 11.4 Å². The molecule has 32 heavy (non-hydrogen) atoms. The first-order chi connectivity index (χ1) is 15.6. The smallest absolute Gasteiger partial charge is 0.253 e. The van der Waals surface area contributed by atoms with Crippen molar-refractivity contribution in [2.45, 2.75) is 26.8 Å². The summed E-state index contributed by atoms with van der Waals surface area (Å²) in [6, 6.07) is 17.8. The van der Waals surface area contributed by atoms with Gasteiger partial charge in [-0.15, -0.1) is 0 Å². The van der Waals surface area contributed by atoms with E-state index in [9.17, 15) is 4.79 Å². The van der Waals surface area contributed by atoms with E-state index >= 15 is 0 Å². The Kier molecular flexibility index (Phi) is 6.85. The van der Waals surface area contributed by atoms with Crippen LogP contribution >= 0.6 is 0 Å². The summed E-state index contributed by atoms with van der Waals surface area (Å²) >= 11 is 0. The van der Waals surface area contributed by atoms with Crippen molar-refractivity contribution < 1.29 is 9.32 Å². The van der Waals surface area contributed by atoms with E-state index in [-0.39, 0.29) is 11.9 Å². The second kappa shape index (κ2) is 9.96. The summed E-state index contributed by atoms with van der Waals surface area (Å²) in [5.74, 6) is 1.30. The van der Waals surface area contributed by atoms with E-state index < -0.39 is 0 Å². The van der Waals surface area contributed by atoms with E-state index in [1.807, 2.05) is 59.5 Å². The van der Waals surface area contributed by atoms with Gasteiger partial charge in [0.2, 0.25) is 11.7 Å². The van der Waals surface area contributed by atoms with Crippen LogP contribution in [0.15, 0.2) is 59.1 Å². The van der Waals surface area contributed by atoms with Crippen LogP contribution in [0.3, 0.4) is 0 Å². The summed E-state index contributed by atoms with van der Waals surface area (Å²) in [4.78, 5) is 24.1. The molecule has 1 atom stereocenters. The molecule has 2 aromatic carbocycles. The van der Waals surface area contributed by atoms with Crippen LogP contribution in [-0.2, 0) is 0 Å². The van der Waals surface area contributed by atoms with Crippen molar-refractivity contribution in [2.24, 2.45) is 0 Å². The first-order valence-corrected chi connectivity index (χ1v) is 11.4. The normalized spacial score (nSPS) is 15.5. The Labute approximate surface area is 189 Å². The molecule has 1 saturated heterocycles. The lowest BCUT2D eigenvalue weighted by Crippen LogP contribution is -2.49. The van der Waals surface area contributed by atoms with E-state index in [0.717, 1.165) is 43.0 Å². The Hall–Kier alpha value is -3.19. The van der Waals surface area contributed by atoms with E-state index in [2.05, 4.69) is 40.7 Å². The molecule has 168 valence electrons. The number of aromatic nitrogens is 2. The highest BCUT2D eigenvalue weighted by atomic mass is 16.5. The fourth-order valence-corrected chi connectivity index (χ4v) is 4.16. The topological polar surface area (TPSA) is 65.7 Å². The molecule has 0 bridgehead atoms. The quantitative estimate of drug-likeness (QED) is 0.559. The summed E-state index contributed by atoms with van der Waals surface area (Å²) in [6.07, 6.45) is 0. The predicted octanol–water partition coefficient (Wildman–Crippen LogP) is 4.10. The number of hydrogen-bond acceptors (Lipinski definition) is 6. The molecule has 7 heteroatoms. The number of carbonyl (C=O) groups is 1. The maximum absolute atomic E-state index is 13.0. The summed E-state index contributed by atoms with van der Waals surface area (Å²) < 4.78 is 5.54. The van der Waals surface area contributed by atoms with Crippen LogP contribution in [0.4, 0.5) is 5.69 Å². The van der Waals surface area contributed by atoms with Crippen molar-refractivity contribution in [2.75, 3.05) is 44.2 Å². The molecule has 0 N–H and O–H groups in total. The largest absolute Gasteiger partial charge is 0.372 e. The van der Waals surface area contributed by atoms with Gasteiger partial charge in [0.05, 0.1) is 6.04 Å². The Morgan fingerprint density at radius 1 is 1.00 bits per heavy atom. The molecule has 0 saturated carbocycles. The molecule has 7 nitrogen and oxygen atoms in total. The second-order valence-electron chi connectivity index (χ2n) is 8.05. The Morgan fingerprint density at radius 2 is 1.66 bits per heavy atom. The lowest BCUT2D eigenvalue weighted by atomic mass is 10.1. The van der Waals surface area contributed by atoms with Crippen LogP contribution in [0, 0.1) is 0 Å². The molecular formula is C25H31N5O2. The first-order valence-electron chi connectivity index (χ1n) is 11.4. The zero-order valence-corrected chi connectivity index (χ0v) is 19.1. The Balaban J connectivity index is 1.34. The minimum atomic E-state index is 0.00516. The summed E-state index contributed by atoms with van der Waals surface area (Å²) in [5, 5.41) is 4.14. The molecule has 0 spiro atoms. The maximum atomic E-state index is 13.0. The van der Waals surface area contributed by atoms with Crippen molar-refractivity contribution in [3.8, 4) is 11.4 Å². The number of carbonyl (C=O) groups excluding carboxylic acids is 1. The lowest BCUT2D eigenvalue weighted by molar-refractivity contribution is 0.0551. The molecule has 1 aromatic heterocycles. The molecule has 1 fully saturated rings. The SMILES string of the molecule is CCN(CC)c1ccc(C(=O)N2CCN(C(C)c3nc(-c4ccccc4)no3)CC2)cc1. The third-order valence-electron chi connectivity index (χ3n) is 6.22. The standard InChI is InChI=1S/C25H31N5O2/c1-4-28(5-2)22-13-11-21(12-14-22)25(31)30-17-15-29(16-18-30)19(3)24-26-23(27-32-24)20-9-7-6-8-10-20/h6-14,19H,4-5,15-18H2,1-3H3. The molecule has 0 radical (unpaired) electrons. The van der Waals surface area contributed by atoms with Crippen molar-refractivity contribution >= 4 is 11.6 Å². The van der Waals surface area contributed by atoms with Crippen LogP contribution in [0.5, 0.6) is 0 Å². The van der Waals surface area contributed by atoms with E-state index in [0.29, 0.717) is 24.8 Å². The van der Waals surface area contributed by atoms with Crippen LogP contribution < -0.4 is 4.90 Å². The monoisotopic (exact) mass is 433 g/mol. The van der Waals surface area contributed by atoms with Crippen molar-refractivity contribution in [1.29, 1.82) is 0 Å². The van der Waals surface area contributed by atoms with Gasteiger partial charge in [-0.1, -0.05) is 35.5 Å². The number of nitrogens with zero attached hydrogens (tertiary/aromatic N) is 5. The third kappa shape index (κ3) is 4.67. The third-order valence-corrected chi connectivity index (χ3v) is 6.22. The zero-order valence-electron chi connectivity index (χ0n) is 19.1. The van der Waals surface area contributed by atoms with Crippen LogP contribution in [0.1, 0.15) is 43.1 Å². The van der Waals surface area contributed by atoms with Gasteiger partial charge in [0.1, 0.15) is 0 Å². The zero-order chi connectivity index (χ0) is 22.5. The molecule has 1 aliphatic rings. The Morgan fingerprint density at radius 3 is 2.28 bits per heavy atom. The number of benzene rings is 2. The average molecular weight is 434 g/mol. The van der Waals surface area contributed by atoms with Gasteiger partial charge in [-0.05, 0) is 45.0 Å². The van der Waals surface area contributed by atoms with Crippen molar-refractivity contribution in [3.63, 3.8) is 0 Å². The minimum absolute atomic E-state index is 0.00516. The molecule has 4 rings (SSSR count). The van der Waals surface area contributed by atoms with E-state index in [1.165, 1.54) is 0 Å². The number of amides is 1. The van der Waals surface area contributed by atoms with E-state index in [4.69, 9.17) is 4.52 Å². The minimum Gasteiger partial charge on any atom is -0.372 e. The highest BCUT2D eigenvalue weighted by Gasteiger charge is 2.28. The molecule has 1 aliphatic heterocycles. The van der Waals surface area contributed by atoms with Gasteiger partial charge in [-0.25, -0.2) is 0 Å². The number of hydrogen-bond donors (Lipinski definition) is 0. The summed E-state index contributed by atoms with van der Waals surface area (Å²) in [7, 11) is 0. The Bertz CT molecular complexity index is 1010. The maximum Gasteiger partial charge on any atom is 0.253 e. The fourth-order valence-electron chi connectivity index (χ4n) is 4.16. The van der Waals surface area contributed by atoms with Gasteiger partial charge in [-0.3, -0.25) is 9.69 Å². The highest BCUT2D eigenvalue weighted by Crippen LogP contribution is 2.24. The second-order valence-corrected chi connectivity index (χ2v) is 8.05. The molecule has 3 aromatic rings. The summed E-state index contributed by atoms with van der Waals surface area (Å²) in [6.45, 7) is 11.2. The molecule has 2 heterocycles. The average Bonchev–Trinajstić information content (AvgIpc) is 3.35. The predicted molar refractivity (Wildman–Crippen MR) is 126 cm³/mol. The van der Waals surface area contributed by atoms with Gasteiger partial charge in [0.15, 0.2) is 0 Å². The van der Waals surface area contributed by atoms with Crippen LogP contribution in [-0.4, -0.2) is 65.1 Å². The number of anilines is 1. The number of rotatable bonds is 7. The van der Waals surface area contributed by atoms with Gasteiger partial charge < -0.3 is 14.3 Å². The summed E-state index contributed by atoms with van der Waals surface area (Å²) in [5.41, 5.74) is 2.84. The molecule has 1 unspecified atom stereocenters. The van der Waals surface area contributed by atoms with E-state index in [1.54, 1.807) is 0 Å². The van der Waals surface area contributed by atoms with Gasteiger partial charge in [-0.2, -0.15) is 4.98 Å².